The second-order valence-electron chi connectivity index (χ2n) is 28.6. The molecule has 4 aromatic carbocycles. The zero-order valence-corrected chi connectivity index (χ0v) is 74.3. The summed E-state index contributed by atoms with van der Waals surface area (Å²) in [5, 5.41) is 77.3. The fourth-order valence-corrected chi connectivity index (χ4v) is 12.5. The Kier molecular flexibility index (Phi) is 68.1. The molecule has 0 aliphatic rings. The maximum absolute atomic E-state index is 11.0. The molecule has 4 heterocycles. The van der Waals surface area contributed by atoms with Crippen LogP contribution >= 0.6 is 0 Å². The number of allylic oxidation sites excluding steroid dienone is 2. The molecule has 8 aromatic rings. The van der Waals surface area contributed by atoms with Crippen LogP contribution in [0.25, 0.3) is 21.5 Å². The van der Waals surface area contributed by atoms with Gasteiger partial charge in [-0.2, -0.15) is 16.8 Å². The van der Waals surface area contributed by atoms with E-state index in [2.05, 4.69) is 47.3 Å². The Balaban J connectivity index is 0. The molecule has 35 heteroatoms. The number of unbranched alkanes of at least 4 members (excludes halogenated alkanes) is 31. The lowest BCUT2D eigenvalue weighted by Gasteiger charge is -2.03. The molecule has 127 heavy (non-hydrogen) atoms. The molecular formula is C92H128N4O29S2. The van der Waals surface area contributed by atoms with Crippen LogP contribution in [0.1, 0.15) is 307 Å². The van der Waals surface area contributed by atoms with Gasteiger partial charge in [0.15, 0.2) is 0 Å². The van der Waals surface area contributed by atoms with E-state index in [4.69, 9.17) is 55.1 Å². The second kappa shape index (κ2) is 74.1. The SMILES string of the molecule is CCCCCCCC/C=C/CCCCCCCC(=O)O.CCCCCCCCCC(=O)O.CCCCCCCCCCCCCCCCCC(=O)O.O=C(O)/C=C/C(=O)O.O=C(O)c1cc(=O)[nH]c(=O)[nH]1.O=C(O)c1ccc(=O)[nH]c1.O=C(O)c1ccc[nH]c1=O.O=C(O)c1ccco1.O=S(=O)(O)c1ccc2ccccc2c1.O=S(=O)(O)c1cccc2ccccc12. The van der Waals surface area contributed by atoms with Gasteiger partial charge in [-0.3, -0.25) is 42.9 Å². The van der Waals surface area contributed by atoms with Crippen molar-refractivity contribution in [1.29, 1.82) is 0 Å². The number of carbonyl (C=O) groups is 9. The number of aromatic nitrogens is 4. The number of hydrogen-bond acceptors (Lipinski definition) is 18. The van der Waals surface area contributed by atoms with Crippen LogP contribution in [0.5, 0.6) is 0 Å². The lowest BCUT2D eigenvalue weighted by molar-refractivity contribution is -0.138. The largest absolute Gasteiger partial charge is 0.481 e. The Labute approximate surface area is 740 Å². The van der Waals surface area contributed by atoms with Gasteiger partial charge in [0.1, 0.15) is 16.2 Å². The Morgan fingerprint density at radius 2 is 0.795 bits per heavy atom. The lowest BCUT2D eigenvalue weighted by Crippen LogP contribution is -2.24. The second-order valence-corrected chi connectivity index (χ2v) is 31.4. The number of carboxylic acids is 9. The van der Waals surface area contributed by atoms with Crippen molar-refractivity contribution in [2.24, 2.45) is 0 Å². The molecule has 8 rings (SSSR count). The summed E-state index contributed by atoms with van der Waals surface area (Å²) in [6, 6.07) is 32.5. The Hall–Kier alpha value is -12.2. The monoisotopic (exact) mass is 1820 g/mol. The fraction of sp³-hybridized carbons (Fsp3) is 0.446. The molecule has 702 valence electrons. The van der Waals surface area contributed by atoms with Crippen LogP contribution in [0, 0.1) is 0 Å². The molecule has 0 saturated carbocycles. The smallest absolute Gasteiger partial charge is 0.371 e. The van der Waals surface area contributed by atoms with E-state index in [-0.39, 0.29) is 32.2 Å². The number of aliphatic carboxylic acids is 5. The minimum absolute atomic E-state index is 0.0231. The lowest BCUT2D eigenvalue weighted by atomic mass is 10.0. The molecule has 0 unspecified atom stereocenters. The Bertz CT molecular complexity index is 4920. The minimum Gasteiger partial charge on any atom is -0.481 e. The number of furan rings is 1. The van der Waals surface area contributed by atoms with Gasteiger partial charge in [0.2, 0.25) is 11.3 Å². The standard InChI is InChI=1S/C18H36O2.C18H34O2.2C10H8O3S.C10H20O2.2C6H5NO3.C5H4N2O4.C5H4O3.C4H4O4/c2*1-2-3-4-5-6-7-8-9-10-11-12-13-14-15-16-17-18(19)20;11-14(12,13)10-7-3-5-8-4-1-2-6-9(8)10;11-14(12,13)10-6-5-8-3-1-2-4-9(8)7-10;1-2-3-4-5-6-7-8-9-10(11)12;8-5-2-1-4(3-7-5)6(9)10;8-5-4(6(9)10)2-1-3-7-5;8-3-1-2(4(9)10)6-5(11)7-3;6-5(7)4-2-1-3-8-4;5-3(6)1-2-4(7)8/h2-17H2,1H3,(H,19,20);9-10H,2-8,11-17H2,1H3,(H,19,20);2*1-7H,(H,11,12,13);2-9H2,1H3,(H,11,12);2*1-3H,(H,7,8)(H,9,10);1H,(H,9,10)(H2,6,7,8,11);1-3H,(H,6,7);1-2H,(H,5,6)(H,7,8)/b;10-9+;;;;;;;;2-1+. The van der Waals surface area contributed by atoms with Gasteiger partial charge in [-0.1, -0.05) is 279 Å². The van der Waals surface area contributed by atoms with Crippen molar-refractivity contribution >= 4 is 95.5 Å². The summed E-state index contributed by atoms with van der Waals surface area (Å²) in [7, 11) is -8.22. The van der Waals surface area contributed by atoms with Gasteiger partial charge in [0.25, 0.3) is 31.4 Å². The highest BCUT2D eigenvalue weighted by atomic mass is 32.2. The van der Waals surface area contributed by atoms with E-state index in [1.807, 2.05) is 34.2 Å². The van der Waals surface area contributed by atoms with Gasteiger partial charge in [-0.05, 0) is 110 Å². The van der Waals surface area contributed by atoms with Crippen LogP contribution in [0.15, 0.2) is 204 Å². The normalized spacial score (nSPS) is 10.5. The summed E-state index contributed by atoms with van der Waals surface area (Å²) in [5.74, 6) is -9.14. The van der Waals surface area contributed by atoms with Crippen molar-refractivity contribution in [2.75, 3.05) is 0 Å². The Morgan fingerprint density at radius 1 is 0.370 bits per heavy atom. The van der Waals surface area contributed by atoms with Crippen molar-refractivity contribution < 1.29 is 119 Å². The first kappa shape index (κ1) is 117. The number of benzene rings is 4. The molecule has 0 aliphatic heterocycles. The Morgan fingerprint density at radius 3 is 1.14 bits per heavy atom. The van der Waals surface area contributed by atoms with Crippen molar-refractivity contribution in [3.8, 4) is 0 Å². The molecule has 0 atom stereocenters. The summed E-state index contributed by atoms with van der Waals surface area (Å²) < 4.78 is 65.9. The van der Waals surface area contributed by atoms with E-state index in [0.717, 1.165) is 66.9 Å². The first-order valence-electron chi connectivity index (χ1n) is 42.4. The van der Waals surface area contributed by atoms with Crippen LogP contribution in [0.4, 0.5) is 0 Å². The third-order valence-corrected chi connectivity index (χ3v) is 19.6. The minimum atomic E-state index is -4.13. The van der Waals surface area contributed by atoms with Gasteiger partial charge >= 0.3 is 59.4 Å². The highest BCUT2D eigenvalue weighted by Gasteiger charge is 2.14. The first-order valence-corrected chi connectivity index (χ1v) is 45.3. The van der Waals surface area contributed by atoms with Crippen LogP contribution in [-0.4, -0.2) is 146 Å². The van der Waals surface area contributed by atoms with Crippen LogP contribution < -0.4 is 22.4 Å². The molecule has 0 aliphatic carbocycles. The predicted molar refractivity (Wildman–Crippen MR) is 485 cm³/mol. The third-order valence-electron chi connectivity index (χ3n) is 17.9. The van der Waals surface area contributed by atoms with Crippen molar-refractivity contribution in [1.82, 2.24) is 19.9 Å². The zero-order chi connectivity index (χ0) is 95.5. The number of aromatic amines is 4. The summed E-state index contributed by atoms with van der Waals surface area (Å²) in [6.45, 7) is 6.73. The molecule has 15 N–H and O–H groups in total. The number of aromatic carboxylic acids is 4. The number of hydrogen-bond donors (Lipinski definition) is 15. The van der Waals surface area contributed by atoms with Crippen molar-refractivity contribution in [3.63, 3.8) is 0 Å². The van der Waals surface area contributed by atoms with E-state index < -0.39 is 96.5 Å². The zero-order valence-electron chi connectivity index (χ0n) is 72.6. The quantitative estimate of drug-likeness (QED) is 0.00729. The van der Waals surface area contributed by atoms with Gasteiger partial charge in [-0.25, -0.2) is 33.6 Å². The van der Waals surface area contributed by atoms with Gasteiger partial charge in [0.05, 0.1) is 16.7 Å². The van der Waals surface area contributed by atoms with Crippen molar-refractivity contribution in [2.45, 2.75) is 275 Å². The molecule has 33 nitrogen and oxygen atoms in total. The van der Waals surface area contributed by atoms with Gasteiger partial charge in [-0.15, -0.1) is 0 Å². The average molecular weight is 1820 g/mol. The maximum Gasteiger partial charge on any atom is 0.371 e. The molecule has 0 spiro atoms. The number of fused-ring (bicyclic) bond motifs is 2. The van der Waals surface area contributed by atoms with Crippen LogP contribution in [0.3, 0.4) is 0 Å². The van der Waals surface area contributed by atoms with E-state index >= 15 is 0 Å². The summed E-state index contributed by atoms with van der Waals surface area (Å²) in [5.41, 5.74) is -3.00. The first-order chi connectivity index (χ1) is 60.4. The summed E-state index contributed by atoms with van der Waals surface area (Å²) >= 11 is 0. The van der Waals surface area contributed by atoms with E-state index in [1.165, 1.54) is 253 Å². The number of nitrogens with one attached hydrogen (secondary N) is 4. The molecule has 4 aromatic heterocycles. The average Bonchev–Trinajstić information content (AvgIpc) is 1.16. The summed E-state index contributed by atoms with van der Waals surface area (Å²) in [6.07, 6.45) is 55.1. The molecule has 0 amide bonds. The topological polar surface area (TPSA) is 589 Å². The molecule has 0 fully saturated rings. The predicted octanol–water partition coefficient (Wildman–Crippen LogP) is 19.4. The van der Waals surface area contributed by atoms with Crippen LogP contribution in [-0.2, 0) is 44.2 Å². The van der Waals surface area contributed by atoms with Crippen molar-refractivity contribution in [3.05, 3.63) is 234 Å². The van der Waals surface area contributed by atoms with E-state index in [0.29, 0.717) is 36.8 Å². The van der Waals surface area contributed by atoms with Gasteiger partial charge in [0, 0.05) is 61.3 Å². The molecule has 0 radical (unpaired) electrons. The number of pyridine rings is 2. The maximum atomic E-state index is 11.0. The highest BCUT2D eigenvalue weighted by molar-refractivity contribution is 7.86. The summed E-state index contributed by atoms with van der Waals surface area (Å²) in [4.78, 5) is 141. The number of rotatable bonds is 47. The van der Waals surface area contributed by atoms with Gasteiger partial charge < -0.3 is 65.3 Å². The number of carboxylic acid groups (broad SMARTS) is 9. The fourth-order valence-electron chi connectivity index (χ4n) is 11.2. The van der Waals surface area contributed by atoms with Crippen LogP contribution in [0.2, 0.25) is 0 Å². The molecule has 0 saturated heterocycles. The highest BCUT2D eigenvalue weighted by Crippen LogP contribution is 2.23. The molecular weight excluding hydrogens is 1690 g/mol. The number of H-pyrrole nitrogens is 4. The molecule has 0 bridgehead atoms. The van der Waals surface area contributed by atoms with E-state index in [9.17, 15) is 79.2 Å². The van der Waals surface area contributed by atoms with E-state index in [1.54, 1.807) is 42.5 Å². The third kappa shape index (κ3) is 67.8.